The third kappa shape index (κ3) is 3.77. The Morgan fingerprint density at radius 2 is 1.94 bits per heavy atom. The number of nitriles is 1. The summed E-state index contributed by atoms with van der Waals surface area (Å²) in [4.78, 5) is 36.6. The number of hydrazone groups is 1. The number of halogens is 2. The summed E-state index contributed by atoms with van der Waals surface area (Å²) in [5.74, 6) is 0.164. The van der Waals surface area contributed by atoms with Gasteiger partial charge in [0, 0.05) is 12.1 Å². The van der Waals surface area contributed by atoms with Gasteiger partial charge in [-0.2, -0.15) is 15.4 Å². The SMILES string of the molecule is C=C1NC(=O)N(c2cc(Cl)c(Oc3ccc4c(c3)CCN(C=O)C4=O)c(Cl)c2)N=C1C#N. The molecule has 0 saturated carbocycles. The molecule has 2 aliphatic heterocycles. The highest BCUT2D eigenvalue weighted by atomic mass is 35.5. The second-order valence-electron chi connectivity index (χ2n) is 6.79. The second kappa shape index (κ2) is 8.34. The zero-order valence-corrected chi connectivity index (χ0v) is 17.8. The van der Waals surface area contributed by atoms with Crippen LogP contribution in [0.4, 0.5) is 10.5 Å². The quantitative estimate of drug-likeness (QED) is 0.682. The number of hydrogen-bond donors (Lipinski definition) is 1. The van der Waals surface area contributed by atoms with Gasteiger partial charge in [0.15, 0.2) is 11.5 Å². The summed E-state index contributed by atoms with van der Waals surface area (Å²) in [6.07, 6.45) is 1.00. The second-order valence-corrected chi connectivity index (χ2v) is 7.61. The van der Waals surface area contributed by atoms with Crippen LogP contribution in [0.1, 0.15) is 15.9 Å². The fraction of sp³-hybridized carbons (Fsp3) is 0.0952. The van der Waals surface area contributed by atoms with Crippen LogP contribution in [-0.2, 0) is 11.2 Å². The number of carbonyl (C=O) groups excluding carboxylic acids is 3. The molecule has 0 aliphatic carbocycles. The maximum atomic E-state index is 12.2. The Morgan fingerprint density at radius 3 is 2.59 bits per heavy atom. The molecule has 2 aromatic carbocycles. The van der Waals surface area contributed by atoms with Gasteiger partial charge in [-0.3, -0.25) is 14.5 Å². The van der Waals surface area contributed by atoms with Crippen molar-refractivity contribution in [3.05, 3.63) is 63.8 Å². The summed E-state index contributed by atoms with van der Waals surface area (Å²) in [7, 11) is 0. The average molecular weight is 470 g/mol. The minimum atomic E-state index is -0.626. The van der Waals surface area contributed by atoms with Gasteiger partial charge >= 0.3 is 6.03 Å². The Kier molecular flexibility index (Phi) is 5.57. The number of anilines is 1. The number of rotatable bonds is 4. The molecule has 0 fully saturated rings. The fourth-order valence-electron chi connectivity index (χ4n) is 3.24. The van der Waals surface area contributed by atoms with Gasteiger partial charge in [0.25, 0.3) is 5.91 Å². The van der Waals surface area contributed by atoms with E-state index in [1.807, 2.05) is 6.07 Å². The molecule has 2 aromatic rings. The molecule has 0 bridgehead atoms. The molecule has 0 radical (unpaired) electrons. The molecule has 4 amide bonds. The van der Waals surface area contributed by atoms with E-state index in [1.165, 1.54) is 12.1 Å². The molecule has 0 spiro atoms. The highest BCUT2D eigenvalue weighted by Crippen LogP contribution is 2.40. The Hall–Kier alpha value is -3.87. The van der Waals surface area contributed by atoms with Crippen LogP contribution in [0, 0.1) is 11.3 Å². The fourth-order valence-corrected chi connectivity index (χ4v) is 3.80. The Labute approximate surface area is 192 Å². The number of ether oxygens (including phenoxy) is 1. The number of urea groups is 1. The zero-order chi connectivity index (χ0) is 23.0. The molecule has 32 heavy (non-hydrogen) atoms. The van der Waals surface area contributed by atoms with Crippen molar-refractivity contribution in [3.63, 3.8) is 0 Å². The van der Waals surface area contributed by atoms with Gasteiger partial charge in [-0.05, 0) is 42.3 Å². The molecule has 2 aliphatic rings. The average Bonchev–Trinajstić information content (AvgIpc) is 2.76. The van der Waals surface area contributed by atoms with Gasteiger partial charge in [0.05, 0.1) is 21.4 Å². The normalized spacial score (nSPS) is 15.5. The molecule has 9 nitrogen and oxygen atoms in total. The van der Waals surface area contributed by atoms with Crippen molar-refractivity contribution >= 4 is 52.9 Å². The number of carbonyl (C=O) groups is 3. The Morgan fingerprint density at radius 1 is 1.22 bits per heavy atom. The van der Waals surface area contributed by atoms with Crippen LogP contribution in [0.25, 0.3) is 0 Å². The van der Waals surface area contributed by atoms with Crippen LogP contribution in [0.2, 0.25) is 10.0 Å². The predicted octanol–water partition coefficient (Wildman–Crippen LogP) is 3.86. The van der Waals surface area contributed by atoms with Crippen LogP contribution in [0.5, 0.6) is 11.5 Å². The van der Waals surface area contributed by atoms with E-state index in [9.17, 15) is 14.4 Å². The maximum absolute atomic E-state index is 12.2. The first-order chi connectivity index (χ1) is 15.3. The number of fused-ring (bicyclic) bond motifs is 1. The van der Waals surface area contributed by atoms with E-state index in [0.29, 0.717) is 24.1 Å². The number of nitrogens with one attached hydrogen (secondary N) is 1. The van der Waals surface area contributed by atoms with Crippen LogP contribution in [-0.4, -0.2) is 35.5 Å². The molecule has 0 atom stereocenters. The van der Waals surface area contributed by atoms with Crippen molar-refractivity contribution in [2.75, 3.05) is 11.6 Å². The van der Waals surface area contributed by atoms with Crippen molar-refractivity contribution in [3.8, 4) is 17.6 Å². The van der Waals surface area contributed by atoms with Crippen molar-refractivity contribution in [2.24, 2.45) is 5.10 Å². The van der Waals surface area contributed by atoms with Crippen LogP contribution >= 0.6 is 23.2 Å². The van der Waals surface area contributed by atoms with Gasteiger partial charge in [0.2, 0.25) is 6.41 Å². The summed E-state index contributed by atoms with van der Waals surface area (Å²) in [6, 6.07) is 8.87. The molecule has 2 heterocycles. The van der Waals surface area contributed by atoms with Crippen molar-refractivity contribution in [1.82, 2.24) is 10.2 Å². The van der Waals surface area contributed by atoms with Crippen LogP contribution in [0.15, 0.2) is 47.7 Å². The highest BCUT2D eigenvalue weighted by molar-refractivity contribution is 6.37. The van der Waals surface area contributed by atoms with Crippen molar-refractivity contribution in [1.29, 1.82) is 5.26 Å². The molecule has 1 N–H and O–H groups in total. The molecule has 160 valence electrons. The van der Waals surface area contributed by atoms with Crippen molar-refractivity contribution in [2.45, 2.75) is 6.42 Å². The minimum absolute atomic E-state index is 0.0612. The highest BCUT2D eigenvalue weighted by Gasteiger charge is 2.27. The van der Waals surface area contributed by atoms with E-state index in [2.05, 4.69) is 17.0 Å². The third-order valence-electron chi connectivity index (χ3n) is 4.81. The Balaban J connectivity index is 1.63. The van der Waals surface area contributed by atoms with Gasteiger partial charge in [-0.25, -0.2) is 4.79 Å². The molecule has 0 saturated heterocycles. The number of hydrogen-bond acceptors (Lipinski definition) is 6. The van der Waals surface area contributed by atoms with Crippen LogP contribution < -0.4 is 15.1 Å². The monoisotopic (exact) mass is 469 g/mol. The third-order valence-corrected chi connectivity index (χ3v) is 5.37. The number of amides is 4. The number of nitrogens with zero attached hydrogens (tertiary/aromatic N) is 4. The first kappa shape index (κ1) is 21.4. The van der Waals surface area contributed by atoms with Crippen molar-refractivity contribution < 1.29 is 19.1 Å². The van der Waals surface area contributed by atoms with Gasteiger partial charge in [-0.15, -0.1) is 0 Å². The molecule has 11 heteroatoms. The van der Waals surface area contributed by atoms with Gasteiger partial charge in [0.1, 0.15) is 11.8 Å². The van der Waals surface area contributed by atoms with Crippen LogP contribution in [0.3, 0.4) is 0 Å². The molecule has 4 rings (SSSR count). The van der Waals surface area contributed by atoms with E-state index in [1.54, 1.807) is 18.2 Å². The number of imide groups is 1. The van der Waals surface area contributed by atoms with Gasteiger partial charge in [-0.1, -0.05) is 29.8 Å². The van der Waals surface area contributed by atoms with E-state index in [4.69, 9.17) is 33.2 Å². The minimum Gasteiger partial charge on any atom is -0.454 e. The largest absolute Gasteiger partial charge is 0.454 e. The summed E-state index contributed by atoms with van der Waals surface area (Å²) in [6.45, 7) is 3.84. The smallest absolute Gasteiger partial charge is 0.347 e. The van der Waals surface area contributed by atoms with E-state index in [-0.39, 0.29) is 45.3 Å². The lowest BCUT2D eigenvalue weighted by Crippen LogP contribution is -2.42. The topological polar surface area (TPSA) is 115 Å². The Bertz CT molecular complexity index is 1240. The molecule has 0 aromatic heterocycles. The van der Waals surface area contributed by atoms with E-state index >= 15 is 0 Å². The zero-order valence-electron chi connectivity index (χ0n) is 16.3. The maximum Gasteiger partial charge on any atom is 0.347 e. The first-order valence-electron chi connectivity index (χ1n) is 9.17. The molecular formula is C21H13Cl2N5O4. The summed E-state index contributed by atoms with van der Waals surface area (Å²) < 4.78 is 5.84. The first-order valence-corrected chi connectivity index (χ1v) is 9.93. The van der Waals surface area contributed by atoms with E-state index < -0.39 is 6.03 Å². The standard InChI is InChI=1S/C21H13Cl2N5O4/c1-11-18(9-24)26-28(21(31)25-11)13-7-16(22)19(17(23)8-13)32-14-2-3-15-12(6-14)4-5-27(10-29)20(15)30/h2-3,6-8,10H,1,4-5H2,(H,25,31). The summed E-state index contributed by atoms with van der Waals surface area (Å²) in [5, 5.41) is 16.6. The van der Waals surface area contributed by atoms with Gasteiger partial charge < -0.3 is 10.1 Å². The predicted molar refractivity (Wildman–Crippen MR) is 117 cm³/mol. The number of benzene rings is 2. The summed E-state index contributed by atoms with van der Waals surface area (Å²) >= 11 is 12.7. The number of allylic oxidation sites excluding steroid dienone is 1. The lowest BCUT2D eigenvalue weighted by atomic mass is 9.99. The lowest BCUT2D eigenvalue weighted by molar-refractivity contribution is -0.116. The van der Waals surface area contributed by atoms with E-state index in [0.717, 1.165) is 15.5 Å². The lowest BCUT2D eigenvalue weighted by Gasteiger charge is -2.24. The summed E-state index contributed by atoms with van der Waals surface area (Å²) in [5.41, 5.74) is 1.40. The molecular weight excluding hydrogens is 457 g/mol. The molecule has 0 unspecified atom stereocenters.